The number of benzene rings is 1. The maximum Gasteiger partial charge on any atom is 0.318 e. The van der Waals surface area contributed by atoms with Gasteiger partial charge in [0, 0.05) is 19.6 Å². The van der Waals surface area contributed by atoms with Crippen LogP contribution in [-0.2, 0) is 13.5 Å². The standard InChI is InChI=1S/C18H25N5O/c1-14(17-21-19-13-22(17)2)20-18(24)23-11-7-6-10-16(23)12-15-8-4-3-5-9-15/h3-5,8-9,13-14,16H,6-7,10-12H2,1-2H3,(H,20,24)/t14-,16+/m0/s1. The summed E-state index contributed by atoms with van der Waals surface area (Å²) in [7, 11) is 1.89. The lowest BCUT2D eigenvalue weighted by Crippen LogP contribution is -2.50. The van der Waals surface area contributed by atoms with E-state index in [2.05, 4.69) is 39.8 Å². The summed E-state index contributed by atoms with van der Waals surface area (Å²) in [5.74, 6) is 0.764. The van der Waals surface area contributed by atoms with Crippen LogP contribution in [0.3, 0.4) is 0 Å². The third kappa shape index (κ3) is 3.75. The SMILES string of the molecule is C[C@H](NC(=O)N1CCCC[C@@H]1Cc1ccccc1)c1nncn1C. The van der Waals surface area contributed by atoms with Crippen LogP contribution >= 0.6 is 0 Å². The first-order chi connectivity index (χ1) is 11.6. The molecule has 1 saturated heterocycles. The number of nitrogens with zero attached hydrogens (tertiary/aromatic N) is 4. The number of rotatable bonds is 4. The van der Waals surface area contributed by atoms with Crippen LogP contribution in [0, 0.1) is 0 Å². The zero-order valence-corrected chi connectivity index (χ0v) is 14.4. The van der Waals surface area contributed by atoms with E-state index in [0.717, 1.165) is 31.6 Å². The first-order valence-corrected chi connectivity index (χ1v) is 8.60. The van der Waals surface area contributed by atoms with Gasteiger partial charge in [0.25, 0.3) is 0 Å². The Morgan fingerprint density at radius 3 is 2.83 bits per heavy atom. The molecule has 128 valence electrons. The van der Waals surface area contributed by atoms with E-state index in [0.29, 0.717) is 0 Å². The fourth-order valence-electron chi connectivity index (χ4n) is 3.38. The molecule has 1 aromatic heterocycles. The van der Waals surface area contributed by atoms with Gasteiger partial charge < -0.3 is 14.8 Å². The van der Waals surface area contributed by atoms with Gasteiger partial charge in [-0.1, -0.05) is 30.3 Å². The van der Waals surface area contributed by atoms with E-state index >= 15 is 0 Å². The van der Waals surface area contributed by atoms with E-state index in [1.807, 2.05) is 29.5 Å². The topological polar surface area (TPSA) is 63.1 Å². The molecule has 1 fully saturated rings. The van der Waals surface area contributed by atoms with Gasteiger partial charge in [0.2, 0.25) is 0 Å². The smallest absolute Gasteiger partial charge is 0.318 e. The van der Waals surface area contributed by atoms with Gasteiger partial charge in [-0.3, -0.25) is 0 Å². The summed E-state index contributed by atoms with van der Waals surface area (Å²) in [5.41, 5.74) is 1.28. The summed E-state index contributed by atoms with van der Waals surface area (Å²) in [5, 5.41) is 11.0. The van der Waals surface area contributed by atoms with Crippen LogP contribution in [0.25, 0.3) is 0 Å². The second kappa shape index (κ2) is 7.47. The van der Waals surface area contributed by atoms with Crippen molar-refractivity contribution in [1.82, 2.24) is 25.0 Å². The minimum atomic E-state index is -0.163. The molecular formula is C18H25N5O. The molecule has 1 N–H and O–H groups in total. The van der Waals surface area contributed by atoms with Gasteiger partial charge in [-0.15, -0.1) is 10.2 Å². The van der Waals surface area contributed by atoms with Crippen LogP contribution in [-0.4, -0.2) is 38.3 Å². The molecule has 2 heterocycles. The lowest BCUT2D eigenvalue weighted by atomic mass is 9.96. The summed E-state index contributed by atoms with van der Waals surface area (Å²) < 4.78 is 1.84. The number of carbonyl (C=O) groups is 1. The van der Waals surface area contributed by atoms with Gasteiger partial charge in [-0.2, -0.15) is 0 Å². The lowest BCUT2D eigenvalue weighted by Gasteiger charge is -2.36. The Kier molecular flexibility index (Phi) is 5.13. The molecule has 1 aliphatic heterocycles. The molecule has 0 saturated carbocycles. The van der Waals surface area contributed by atoms with Crippen LogP contribution in [0.2, 0.25) is 0 Å². The van der Waals surface area contributed by atoms with E-state index < -0.39 is 0 Å². The molecule has 0 unspecified atom stereocenters. The Hall–Kier alpha value is -2.37. The third-order valence-corrected chi connectivity index (χ3v) is 4.68. The largest absolute Gasteiger partial charge is 0.328 e. The van der Waals surface area contributed by atoms with Gasteiger partial charge in [-0.25, -0.2) is 4.79 Å². The van der Waals surface area contributed by atoms with Crippen molar-refractivity contribution in [3.05, 3.63) is 48.0 Å². The average Bonchev–Trinajstić information content (AvgIpc) is 3.02. The second-order valence-corrected chi connectivity index (χ2v) is 6.50. The summed E-state index contributed by atoms with van der Waals surface area (Å²) in [4.78, 5) is 14.8. The van der Waals surface area contributed by atoms with Gasteiger partial charge in [0.15, 0.2) is 5.82 Å². The van der Waals surface area contributed by atoms with Crippen molar-refractivity contribution in [1.29, 1.82) is 0 Å². The zero-order valence-electron chi connectivity index (χ0n) is 14.4. The Morgan fingerprint density at radius 1 is 1.33 bits per heavy atom. The highest BCUT2D eigenvalue weighted by molar-refractivity contribution is 5.75. The maximum absolute atomic E-state index is 12.8. The minimum absolute atomic E-state index is 0.00821. The molecule has 2 atom stereocenters. The first-order valence-electron chi connectivity index (χ1n) is 8.60. The summed E-state index contributed by atoms with van der Waals surface area (Å²) in [6.45, 7) is 2.76. The number of carbonyl (C=O) groups excluding carboxylic acids is 1. The Labute approximate surface area is 142 Å². The molecule has 2 aromatic rings. The number of hydrogen-bond acceptors (Lipinski definition) is 3. The predicted octanol–water partition coefficient (Wildman–Crippen LogP) is 2.68. The van der Waals surface area contributed by atoms with Crippen molar-refractivity contribution in [3.8, 4) is 0 Å². The molecule has 24 heavy (non-hydrogen) atoms. The molecule has 0 radical (unpaired) electrons. The van der Waals surface area contributed by atoms with Crippen LogP contribution in [0.15, 0.2) is 36.7 Å². The molecule has 0 aliphatic carbocycles. The van der Waals surface area contributed by atoms with Crippen molar-refractivity contribution in [2.24, 2.45) is 7.05 Å². The zero-order chi connectivity index (χ0) is 16.9. The molecular weight excluding hydrogens is 302 g/mol. The lowest BCUT2D eigenvalue weighted by molar-refractivity contribution is 0.147. The molecule has 6 heteroatoms. The molecule has 0 bridgehead atoms. The normalized spacial score (nSPS) is 19.1. The Morgan fingerprint density at radius 2 is 2.12 bits per heavy atom. The van der Waals surface area contributed by atoms with Crippen LogP contribution < -0.4 is 5.32 Å². The van der Waals surface area contributed by atoms with Crippen LogP contribution in [0.4, 0.5) is 4.79 Å². The molecule has 2 amide bonds. The van der Waals surface area contributed by atoms with Gasteiger partial charge in [0.1, 0.15) is 6.33 Å². The monoisotopic (exact) mass is 327 g/mol. The second-order valence-electron chi connectivity index (χ2n) is 6.50. The average molecular weight is 327 g/mol. The minimum Gasteiger partial charge on any atom is -0.328 e. The van der Waals surface area contributed by atoms with Gasteiger partial charge >= 0.3 is 6.03 Å². The van der Waals surface area contributed by atoms with Crippen LogP contribution in [0.1, 0.15) is 43.6 Å². The summed E-state index contributed by atoms with van der Waals surface area (Å²) in [6.07, 6.45) is 5.86. The van der Waals surface area contributed by atoms with Crippen molar-refractivity contribution in [2.45, 2.75) is 44.7 Å². The first kappa shape index (κ1) is 16.5. The quantitative estimate of drug-likeness (QED) is 0.939. The predicted molar refractivity (Wildman–Crippen MR) is 92.4 cm³/mol. The Bertz CT molecular complexity index is 669. The molecule has 1 aliphatic rings. The number of piperidine rings is 1. The molecule has 3 rings (SSSR count). The fraction of sp³-hybridized carbons (Fsp3) is 0.500. The fourth-order valence-corrected chi connectivity index (χ4v) is 3.38. The summed E-state index contributed by atoms with van der Waals surface area (Å²) in [6, 6.07) is 10.5. The Balaban J connectivity index is 1.66. The summed E-state index contributed by atoms with van der Waals surface area (Å²) >= 11 is 0. The number of aromatic nitrogens is 3. The van der Waals surface area contributed by atoms with E-state index in [4.69, 9.17) is 0 Å². The number of likely N-dealkylation sites (tertiary alicyclic amines) is 1. The van der Waals surface area contributed by atoms with Crippen molar-refractivity contribution >= 4 is 6.03 Å². The maximum atomic E-state index is 12.8. The third-order valence-electron chi connectivity index (χ3n) is 4.68. The van der Waals surface area contributed by atoms with Crippen LogP contribution in [0.5, 0.6) is 0 Å². The van der Waals surface area contributed by atoms with Crippen molar-refractivity contribution in [3.63, 3.8) is 0 Å². The molecule has 0 spiro atoms. The highest BCUT2D eigenvalue weighted by Crippen LogP contribution is 2.21. The molecule has 6 nitrogen and oxygen atoms in total. The highest BCUT2D eigenvalue weighted by Gasteiger charge is 2.28. The van der Waals surface area contributed by atoms with Crippen molar-refractivity contribution in [2.75, 3.05) is 6.54 Å². The number of urea groups is 1. The van der Waals surface area contributed by atoms with E-state index in [1.54, 1.807) is 6.33 Å². The number of hydrogen-bond donors (Lipinski definition) is 1. The number of nitrogens with one attached hydrogen (secondary N) is 1. The van der Waals surface area contributed by atoms with Crippen molar-refractivity contribution < 1.29 is 4.79 Å². The van der Waals surface area contributed by atoms with Gasteiger partial charge in [0.05, 0.1) is 6.04 Å². The van der Waals surface area contributed by atoms with E-state index in [-0.39, 0.29) is 18.1 Å². The van der Waals surface area contributed by atoms with Gasteiger partial charge in [-0.05, 0) is 38.2 Å². The number of amides is 2. The number of aryl methyl sites for hydroxylation is 1. The van der Waals surface area contributed by atoms with E-state index in [9.17, 15) is 4.79 Å². The molecule has 1 aromatic carbocycles. The van der Waals surface area contributed by atoms with E-state index in [1.165, 1.54) is 12.0 Å². The highest BCUT2D eigenvalue weighted by atomic mass is 16.2.